The molecule has 1 spiro atoms. The van der Waals surface area contributed by atoms with Crippen LogP contribution in [0.3, 0.4) is 0 Å². The van der Waals surface area contributed by atoms with Gasteiger partial charge in [-0.15, -0.1) is 0 Å². The van der Waals surface area contributed by atoms with E-state index in [1.54, 1.807) is 0 Å². The van der Waals surface area contributed by atoms with Crippen molar-refractivity contribution in [2.24, 2.45) is 10.8 Å². The molecule has 2 aliphatic carbocycles. The van der Waals surface area contributed by atoms with E-state index in [9.17, 15) is 8.78 Å². The van der Waals surface area contributed by atoms with Crippen LogP contribution in [0.4, 0.5) is 8.78 Å². The third-order valence-corrected chi connectivity index (χ3v) is 3.25. The zero-order valence-electron chi connectivity index (χ0n) is 7.24. The Bertz CT molecular complexity index is 197. The van der Waals surface area contributed by atoms with Crippen LogP contribution >= 0.6 is 0 Å². The fourth-order valence-electron chi connectivity index (χ4n) is 3.17. The number of rotatable bonds is 1. The molecular weight excluding hydrogens is 162 g/mol. The van der Waals surface area contributed by atoms with E-state index in [1.165, 1.54) is 0 Å². The van der Waals surface area contributed by atoms with E-state index in [0.29, 0.717) is 0 Å². The standard InChI is InChI=1S/C9H14F2O/c1-7(6-12)2-8(3-7)4-9(10,11)5-8/h12H,2-6H2,1H3. The van der Waals surface area contributed by atoms with Crippen LogP contribution in [0.25, 0.3) is 0 Å². The Balaban J connectivity index is 1.90. The van der Waals surface area contributed by atoms with Crippen LogP contribution in [0.1, 0.15) is 32.6 Å². The van der Waals surface area contributed by atoms with Crippen molar-refractivity contribution in [3.8, 4) is 0 Å². The van der Waals surface area contributed by atoms with Gasteiger partial charge >= 0.3 is 0 Å². The van der Waals surface area contributed by atoms with Gasteiger partial charge in [0, 0.05) is 19.4 Å². The molecule has 0 heterocycles. The molecule has 12 heavy (non-hydrogen) atoms. The Morgan fingerprint density at radius 2 is 1.67 bits per heavy atom. The predicted octanol–water partition coefficient (Wildman–Crippen LogP) is 2.19. The fourth-order valence-corrected chi connectivity index (χ4v) is 3.17. The maximum Gasteiger partial charge on any atom is 0.249 e. The number of aliphatic hydroxyl groups is 1. The summed E-state index contributed by atoms with van der Waals surface area (Å²) < 4.78 is 25.1. The van der Waals surface area contributed by atoms with E-state index in [-0.39, 0.29) is 30.3 Å². The lowest BCUT2D eigenvalue weighted by molar-refractivity contribution is -0.233. The van der Waals surface area contributed by atoms with Crippen LogP contribution in [0.2, 0.25) is 0 Å². The number of alkyl halides is 2. The molecule has 0 saturated heterocycles. The van der Waals surface area contributed by atoms with Gasteiger partial charge in [-0.2, -0.15) is 0 Å². The van der Waals surface area contributed by atoms with E-state index >= 15 is 0 Å². The molecule has 0 aromatic carbocycles. The molecule has 2 saturated carbocycles. The average Bonchev–Trinajstić information content (AvgIpc) is 1.80. The summed E-state index contributed by atoms with van der Waals surface area (Å²) in [6.07, 6.45) is 1.67. The molecule has 2 fully saturated rings. The predicted molar refractivity (Wildman–Crippen MR) is 41.0 cm³/mol. The zero-order chi connectivity index (χ0) is 9.04. The van der Waals surface area contributed by atoms with Crippen molar-refractivity contribution in [3.63, 3.8) is 0 Å². The number of hydrogen-bond acceptors (Lipinski definition) is 1. The molecule has 1 N–H and O–H groups in total. The minimum Gasteiger partial charge on any atom is -0.396 e. The molecule has 0 bridgehead atoms. The summed E-state index contributed by atoms with van der Waals surface area (Å²) in [5, 5.41) is 8.94. The van der Waals surface area contributed by atoms with Gasteiger partial charge in [-0.1, -0.05) is 6.92 Å². The molecule has 0 radical (unpaired) electrons. The first-order valence-corrected chi connectivity index (χ1v) is 4.38. The Hall–Kier alpha value is -0.180. The second-order valence-electron chi connectivity index (χ2n) is 5.03. The van der Waals surface area contributed by atoms with Gasteiger partial charge in [-0.05, 0) is 23.7 Å². The third kappa shape index (κ3) is 1.06. The molecule has 0 unspecified atom stereocenters. The van der Waals surface area contributed by atoms with Crippen molar-refractivity contribution in [2.45, 2.75) is 38.5 Å². The molecule has 2 rings (SSSR count). The van der Waals surface area contributed by atoms with Crippen LogP contribution in [0.15, 0.2) is 0 Å². The normalized spacial score (nSPS) is 34.0. The van der Waals surface area contributed by atoms with E-state index in [1.807, 2.05) is 6.92 Å². The van der Waals surface area contributed by atoms with Crippen LogP contribution in [0, 0.1) is 10.8 Å². The van der Waals surface area contributed by atoms with Crippen molar-refractivity contribution in [1.29, 1.82) is 0 Å². The molecule has 0 aromatic heterocycles. The first-order chi connectivity index (χ1) is 5.39. The summed E-state index contributed by atoms with van der Waals surface area (Å²) in [5.41, 5.74) is -0.155. The summed E-state index contributed by atoms with van der Waals surface area (Å²) in [7, 11) is 0. The minimum absolute atomic E-state index is 0.0512. The quantitative estimate of drug-likeness (QED) is 0.649. The van der Waals surface area contributed by atoms with Gasteiger partial charge in [0.05, 0.1) is 0 Å². The highest BCUT2D eigenvalue weighted by Crippen LogP contribution is 2.68. The van der Waals surface area contributed by atoms with Crippen molar-refractivity contribution < 1.29 is 13.9 Å². The van der Waals surface area contributed by atoms with E-state index in [0.717, 1.165) is 12.8 Å². The average molecular weight is 176 g/mol. The number of aliphatic hydroxyl groups excluding tert-OH is 1. The Labute approximate surface area is 70.8 Å². The van der Waals surface area contributed by atoms with Gasteiger partial charge in [0.25, 0.3) is 0 Å². The molecule has 0 aliphatic heterocycles. The molecule has 1 nitrogen and oxygen atoms in total. The van der Waals surface area contributed by atoms with Crippen LogP contribution in [-0.2, 0) is 0 Å². The van der Waals surface area contributed by atoms with Crippen LogP contribution < -0.4 is 0 Å². The SMILES string of the molecule is CC1(CO)CC2(CC(F)(F)C2)C1. The van der Waals surface area contributed by atoms with Gasteiger partial charge in [-0.25, -0.2) is 8.78 Å². The highest BCUT2D eigenvalue weighted by atomic mass is 19.3. The summed E-state index contributed by atoms with van der Waals surface area (Å²) in [4.78, 5) is 0. The molecule has 0 aromatic rings. The van der Waals surface area contributed by atoms with Gasteiger partial charge in [0.1, 0.15) is 0 Å². The third-order valence-electron chi connectivity index (χ3n) is 3.25. The first kappa shape index (κ1) is 8.42. The van der Waals surface area contributed by atoms with Gasteiger partial charge in [-0.3, -0.25) is 0 Å². The summed E-state index contributed by atoms with van der Waals surface area (Å²) in [6.45, 7) is 2.11. The van der Waals surface area contributed by atoms with Crippen molar-refractivity contribution >= 4 is 0 Å². The van der Waals surface area contributed by atoms with Crippen LogP contribution in [-0.4, -0.2) is 17.6 Å². The van der Waals surface area contributed by atoms with Gasteiger partial charge in [0.15, 0.2) is 0 Å². The van der Waals surface area contributed by atoms with E-state index in [2.05, 4.69) is 0 Å². The Kier molecular flexibility index (Phi) is 1.41. The van der Waals surface area contributed by atoms with E-state index in [4.69, 9.17) is 5.11 Å². The second kappa shape index (κ2) is 2.00. The van der Waals surface area contributed by atoms with Crippen LogP contribution in [0.5, 0.6) is 0 Å². The molecule has 0 amide bonds. The molecular formula is C9H14F2O. The lowest BCUT2D eigenvalue weighted by Gasteiger charge is -2.61. The maximum atomic E-state index is 12.5. The van der Waals surface area contributed by atoms with Crippen molar-refractivity contribution in [1.82, 2.24) is 0 Å². The molecule has 3 heteroatoms. The Morgan fingerprint density at radius 1 is 1.17 bits per heavy atom. The number of hydrogen-bond donors (Lipinski definition) is 1. The number of halogens is 2. The van der Waals surface area contributed by atoms with Gasteiger partial charge < -0.3 is 5.11 Å². The summed E-state index contributed by atoms with van der Waals surface area (Å²) >= 11 is 0. The van der Waals surface area contributed by atoms with E-state index < -0.39 is 5.92 Å². The fraction of sp³-hybridized carbons (Fsp3) is 1.00. The zero-order valence-corrected chi connectivity index (χ0v) is 7.24. The summed E-state index contributed by atoms with van der Waals surface area (Å²) in [6, 6.07) is 0. The first-order valence-electron chi connectivity index (χ1n) is 4.38. The smallest absolute Gasteiger partial charge is 0.249 e. The largest absolute Gasteiger partial charge is 0.396 e. The molecule has 0 atom stereocenters. The Morgan fingerprint density at radius 3 is 2.00 bits per heavy atom. The van der Waals surface area contributed by atoms with Crippen molar-refractivity contribution in [2.75, 3.05) is 6.61 Å². The topological polar surface area (TPSA) is 20.2 Å². The highest BCUT2D eigenvalue weighted by molar-refractivity contribution is 5.10. The molecule has 2 aliphatic rings. The minimum atomic E-state index is -2.41. The monoisotopic (exact) mass is 176 g/mol. The molecule has 70 valence electrons. The lowest BCUT2D eigenvalue weighted by Crippen LogP contribution is -2.58. The second-order valence-corrected chi connectivity index (χ2v) is 5.03. The maximum absolute atomic E-state index is 12.5. The lowest BCUT2D eigenvalue weighted by atomic mass is 9.45. The summed E-state index contributed by atoms with van der Waals surface area (Å²) in [5.74, 6) is -2.41. The van der Waals surface area contributed by atoms with Crippen molar-refractivity contribution in [3.05, 3.63) is 0 Å². The van der Waals surface area contributed by atoms with Gasteiger partial charge in [0.2, 0.25) is 5.92 Å². The highest BCUT2D eigenvalue weighted by Gasteiger charge is 2.64.